The molecular formula is C22H21N3O3. The van der Waals surface area contributed by atoms with E-state index >= 15 is 0 Å². The standard InChI is InChI=1S/C22H21N3O3/c26-18-13-14-5-1-2-6-15(14)22(18)9-11-25(12-10-22)21(28)19-20(27)24-17-8-4-3-7-16(17)23-19/h1-8,18,26H,9-13H2,(H,24,27). The zero-order valence-electron chi connectivity index (χ0n) is 15.4. The summed E-state index contributed by atoms with van der Waals surface area (Å²) in [5, 5.41) is 10.8. The highest BCUT2D eigenvalue weighted by Gasteiger charge is 2.48. The molecule has 6 nitrogen and oxygen atoms in total. The third-order valence-corrected chi connectivity index (χ3v) is 6.35. The van der Waals surface area contributed by atoms with E-state index in [9.17, 15) is 14.7 Å². The number of carbonyl (C=O) groups is 1. The fraction of sp³-hybridized carbons (Fsp3) is 0.318. The minimum atomic E-state index is -0.463. The normalized spacial score (nSPS) is 20.5. The van der Waals surface area contributed by atoms with E-state index in [1.807, 2.05) is 24.3 Å². The number of para-hydroxylation sites is 2. The van der Waals surface area contributed by atoms with Crippen LogP contribution in [0.4, 0.5) is 0 Å². The molecule has 1 saturated heterocycles. The molecule has 1 amide bonds. The average Bonchev–Trinajstić information content (AvgIpc) is 2.99. The lowest BCUT2D eigenvalue weighted by Gasteiger charge is -2.42. The first-order valence-corrected chi connectivity index (χ1v) is 9.63. The lowest BCUT2D eigenvalue weighted by molar-refractivity contribution is 0.0361. The molecule has 28 heavy (non-hydrogen) atoms. The summed E-state index contributed by atoms with van der Waals surface area (Å²) in [4.78, 5) is 34.1. The molecule has 2 heterocycles. The van der Waals surface area contributed by atoms with Crippen molar-refractivity contribution in [2.24, 2.45) is 0 Å². The number of carbonyl (C=O) groups excluding carboxylic acids is 1. The molecule has 1 fully saturated rings. The van der Waals surface area contributed by atoms with Gasteiger partial charge in [0.05, 0.1) is 17.1 Å². The van der Waals surface area contributed by atoms with Gasteiger partial charge in [-0.05, 0) is 42.5 Å². The Morgan fingerprint density at radius 3 is 2.64 bits per heavy atom. The van der Waals surface area contributed by atoms with Crippen molar-refractivity contribution in [1.82, 2.24) is 14.9 Å². The summed E-state index contributed by atoms with van der Waals surface area (Å²) >= 11 is 0. The van der Waals surface area contributed by atoms with E-state index in [0.29, 0.717) is 43.4 Å². The number of amides is 1. The Hall–Kier alpha value is -2.99. The highest BCUT2D eigenvalue weighted by atomic mass is 16.3. The van der Waals surface area contributed by atoms with Crippen molar-refractivity contribution in [2.45, 2.75) is 30.8 Å². The molecule has 1 aromatic heterocycles. The number of nitrogens with zero attached hydrogens (tertiary/aromatic N) is 2. The Kier molecular flexibility index (Phi) is 3.84. The minimum absolute atomic E-state index is 0.0676. The number of aliphatic hydroxyl groups is 1. The lowest BCUT2D eigenvalue weighted by atomic mass is 9.72. The molecule has 5 rings (SSSR count). The summed E-state index contributed by atoms with van der Waals surface area (Å²) in [6, 6.07) is 15.4. The van der Waals surface area contributed by atoms with Gasteiger partial charge in [0, 0.05) is 18.5 Å². The number of piperidine rings is 1. The Morgan fingerprint density at radius 2 is 1.82 bits per heavy atom. The van der Waals surface area contributed by atoms with E-state index in [1.165, 1.54) is 11.1 Å². The van der Waals surface area contributed by atoms with Crippen molar-refractivity contribution in [1.29, 1.82) is 0 Å². The Bertz CT molecular complexity index is 1130. The van der Waals surface area contributed by atoms with Gasteiger partial charge in [-0.3, -0.25) is 9.59 Å². The topological polar surface area (TPSA) is 86.3 Å². The summed E-state index contributed by atoms with van der Waals surface area (Å²) in [5.41, 5.74) is 2.79. The van der Waals surface area contributed by atoms with E-state index in [0.717, 1.165) is 0 Å². The summed E-state index contributed by atoms with van der Waals surface area (Å²) in [7, 11) is 0. The zero-order valence-corrected chi connectivity index (χ0v) is 15.4. The van der Waals surface area contributed by atoms with Crippen molar-refractivity contribution in [3.05, 3.63) is 75.7 Å². The molecule has 3 aromatic rings. The number of benzene rings is 2. The first kappa shape index (κ1) is 17.1. The number of aliphatic hydroxyl groups excluding tert-OH is 1. The van der Waals surface area contributed by atoms with Gasteiger partial charge in [-0.2, -0.15) is 0 Å². The maximum Gasteiger partial charge on any atom is 0.280 e. The maximum atomic E-state index is 13.0. The summed E-state index contributed by atoms with van der Waals surface area (Å²) in [6.45, 7) is 0.996. The molecule has 0 saturated carbocycles. The Balaban J connectivity index is 1.41. The molecule has 6 heteroatoms. The van der Waals surface area contributed by atoms with E-state index in [2.05, 4.69) is 22.1 Å². The van der Waals surface area contributed by atoms with Gasteiger partial charge >= 0.3 is 0 Å². The molecule has 1 unspecified atom stereocenters. The summed E-state index contributed by atoms with van der Waals surface area (Å²) < 4.78 is 0. The molecule has 1 atom stereocenters. The highest BCUT2D eigenvalue weighted by Crippen LogP contribution is 2.46. The van der Waals surface area contributed by atoms with Crippen LogP contribution in [0.3, 0.4) is 0 Å². The molecule has 1 aliphatic heterocycles. The van der Waals surface area contributed by atoms with Crippen molar-refractivity contribution in [2.75, 3.05) is 13.1 Å². The first-order valence-electron chi connectivity index (χ1n) is 9.63. The van der Waals surface area contributed by atoms with Gasteiger partial charge in [0.25, 0.3) is 11.5 Å². The molecule has 1 aliphatic carbocycles. The van der Waals surface area contributed by atoms with Gasteiger partial charge in [-0.1, -0.05) is 36.4 Å². The first-order chi connectivity index (χ1) is 13.6. The minimum Gasteiger partial charge on any atom is -0.392 e. The molecule has 2 aliphatic rings. The summed E-state index contributed by atoms with van der Waals surface area (Å²) in [5.74, 6) is -0.345. The zero-order chi connectivity index (χ0) is 19.3. The van der Waals surface area contributed by atoms with Crippen LogP contribution in [-0.2, 0) is 11.8 Å². The SMILES string of the molecule is O=C(c1nc2ccccc2[nH]c1=O)N1CCC2(CC1)c1ccccc1CC2O. The summed E-state index contributed by atoms with van der Waals surface area (Å²) in [6.07, 6.45) is 1.60. The quantitative estimate of drug-likeness (QED) is 0.681. The van der Waals surface area contributed by atoms with Crippen LogP contribution in [-0.4, -0.2) is 45.1 Å². The molecule has 0 bridgehead atoms. The Labute approximate surface area is 161 Å². The van der Waals surface area contributed by atoms with E-state index < -0.39 is 11.7 Å². The van der Waals surface area contributed by atoms with Gasteiger partial charge < -0.3 is 15.0 Å². The lowest BCUT2D eigenvalue weighted by Crippen LogP contribution is -2.49. The van der Waals surface area contributed by atoms with Gasteiger partial charge in [0.15, 0.2) is 5.69 Å². The average molecular weight is 375 g/mol. The number of hydrogen-bond donors (Lipinski definition) is 2. The second-order valence-corrected chi connectivity index (χ2v) is 7.76. The molecule has 1 spiro atoms. The van der Waals surface area contributed by atoms with Crippen molar-refractivity contribution in [3.8, 4) is 0 Å². The number of H-pyrrole nitrogens is 1. The van der Waals surface area contributed by atoms with Crippen LogP contribution in [0.15, 0.2) is 53.3 Å². The number of aromatic amines is 1. The number of rotatable bonds is 1. The fourth-order valence-electron chi connectivity index (χ4n) is 4.80. The molecule has 2 N–H and O–H groups in total. The van der Waals surface area contributed by atoms with Gasteiger partial charge in [-0.25, -0.2) is 4.98 Å². The predicted molar refractivity (Wildman–Crippen MR) is 105 cm³/mol. The monoisotopic (exact) mass is 375 g/mol. The Morgan fingerprint density at radius 1 is 1.11 bits per heavy atom. The van der Waals surface area contributed by atoms with Crippen LogP contribution < -0.4 is 5.56 Å². The van der Waals surface area contributed by atoms with E-state index in [1.54, 1.807) is 17.0 Å². The van der Waals surface area contributed by atoms with Crippen LogP contribution in [0.1, 0.15) is 34.5 Å². The van der Waals surface area contributed by atoms with Gasteiger partial charge in [0.1, 0.15) is 0 Å². The number of fused-ring (bicyclic) bond motifs is 3. The van der Waals surface area contributed by atoms with Crippen LogP contribution in [0.5, 0.6) is 0 Å². The van der Waals surface area contributed by atoms with E-state index in [4.69, 9.17) is 0 Å². The smallest absolute Gasteiger partial charge is 0.280 e. The van der Waals surface area contributed by atoms with Gasteiger partial charge in [-0.15, -0.1) is 0 Å². The molecule has 0 radical (unpaired) electrons. The number of hydrogen-bond acceptors (Lipinski definition) is 4. The number of likely N-dealkylation sites (tertiary alicyclic amines) is 1. The molecular weight excluding hydrogens is 354 g/mol. The van der Waals surface area contributed by atoms with Crippen molar-refractivity contribution >= 4 is 16.9 Å². The van der Waals surface area contributed by atoms with Crippen molar-refractivity contribution in [3.63, 3.8) is 0 Å². The third kappa shape index (κ3) is 2.48. The van der Waals surface area contributed by atoms with Crippen molar-refractivity contribution < 1.29 is 9.90 Å². The third-order valence-electron chi connectivity index (χ3n) is 6.35. The maximum absolute atomic E-state index is 13.0. The second-order valence-electron chi connectivity index (χ2n) is 7.76. The molecule has 2 aromatic carbocycles. The fourth-order valence-corrected chi connectivity index (χ4v) is 4.80. The highest BCUT2D eigenvalue weighted by molar-refractivity contribution is 5.93. The predicted octanol–water partition coefficient (Wildman–Crippen LogP) is 2.01. The van der Waals surface area contributed by atoms with E-state index in [-0.39, 0.29) is 17.0 Å². The molecule has 142 valence electrons. The van der Waals surface area contributed by atoms with Crippen LogP contribution in [0.2, 0.25) is 0 Å². The number of aromatic nitrogens is 2. The largest absolute Gasteiger partial charge is 0.392 e. The van der Waals surface area contributed by atoms with Crippen LogP contribution in [0.25, 0.3) is 11.0 Å². The number of nitrogens with one attached hydrogen (secondary N) is 1. The second kappa shape index (κ2) is 6.27. The van der Waals surface area contributed by atoms with Crippen LogP contribution >= 0.6 is 0 Å². The van der Waals surface area contributed by atoms with Gasteiger partial charge in [0.2, 0.25) is 0 Å². The van der Waals surface area contributed by atoms with Crippen LogP contribution in [0, 0.1) is 0 Å².